The van der Waals surface area contributed by atoms with E-state index in [-0.39, 0.29) is 24.8 Å². The Morgan fingerprint density at radius 3 is 2.19 bits per heavy atom. The summed E-state index contributed by atoms with van der Waals surface area (Å²) >= 11 is 0. The lowest BCUT2D eigenvalue weighted by atomic mass is 10.1. The second-order valence-electron chi connectivity index (χ2n) is 6.37. The van der Waals surface area contributed by atoms with Gasteiger partial charge in [-0.3, -0.25) is 9.59 Å². The first kappa shape index (κ1) is 23.5. The minimum absolute atomic E-state index is 0.219. The Bertz CT molecular complexity index is 925. The second kappa shape index (κ2) is 12.1. The van der Waals surface area contributed by atoms with Crippen LogP contribution in [0.4, 0.5) is 5.69 Å². The summed E-state index contributed by atoms with van der Waals surface area (Å²) in [6.45, 7) is 7.09. The maximum absolute atomic E-state index is 12.8. The van der Waals surface area contributed by atoms with Crippen molar-refractivity contribution in [1.82, 2.24) is 5.32 Å². The van der Waals surface area contributed by atoms with Gasteiger partial charge in [-0.1, -0.05) is 12.1 Å². The summed E-state index contributed by atoms with van der Waals surface area (Å²) in [6.07, 6.45) is -0.219. The summed E-state index contributed by atoms with van der Waals surface area (Å²) in [5.41, 5.74) is 1.74. The van der Waals surface area contributed by atoms with Gasteiger partial charge < -0.3 is 24.8 Å². The number of nitrogens with zero attached hydrogens (tertiary/aromatic N) is 1. The standard InChI is InChI=1S/C23H27N3O5/c1-4-29-19-13-17(14-20(30-5-2)22(19)31-6-3)23(28)25-15-16-8-7-9-18(12-16)26-21(27)10-11-24/h7-9,12-14H,4-6,10,15H2,1-3H3,(H,25,28)(H,26,27). The number of carbonyl (C=O) groups is 2. The highest BCUT2D eigenvalue weighted by Crippen LogP contribution is 2.39. The third-order valence-corrected chi connectivity index (χ3v) is 4.07. The number of benzene rings is 2. The number of nitriles is 1. The fraction of sp³-hybridized carbons (Fsp3) is 0.348. The number of hydrogen-bond acceptors (Lipinski definition) is 6. The average Bonchev–Trinajstić information content (AvgIpc) is 2.75. The van der Waals surface area contributed by atoms with E-state index >= 15 is 0 Å². The van der Waals surface area contributed by atoms with Gasteiger partial charge in [0.15, 0.2) is 11.5 Å². The van der Waals surface area contributed by atoms with Crippen LogP contribution in [0.2, 0.25) is 0 Å². The van der Waals surface area contributed by atoms with Crippen LogP contribution in [0.25, 0.3) is 0 Å². The zero-order valence-electron chi connectivity index (χ0n) is 18.0. The average molecular weight is 425 g/mol. The van der Waals surface area contributed by atoms with Crippen LogP contribution in [-0.4, -0.2) is 31.6 Å². The topological polar surface area (TPSA) is 110 Å². The Morgan fingerprint density at radius 2 is 1.61 bits per heavy atom. The van der Waals surface area contributed by atoms with Gasteiger partial charge >= 0.3 is 0 Å². The van der Waals surface area contributed by atoms with Crippen LogP contribution in [0.1, 0.15) is 43.1 Å². The summed E-state index contributed by atoms with van der Waals surface area (Å²) in [4.78, 5) is 24.4. The smallest absolute Gasteiger partial charge is 0.251 e. The number of anilines is 1. The number of rotatable bonds is 11. The van der Waals surface area contributed by atoms with Crippen molar-refractivity contribution in [3.8, 4) is 23.3 Å². The Kier molecular flexibility index (Phi) is 9.17. The lowest BCUT2D eigenvalue weighted by Gasteiger charge is -2.17. The van der Waals surface area contributed by atoms with Crippen molar-refractivity contribution in [2.24, 2.45) is 0 Å². The van der Waals surface area contributed by atoms with Gasteiger partial charge in [0.25, 0.3) is 5.91 Å². The van der Waals surface area contributed by atoms with Gasteiger partial charge in [0.2, 0.25) is 11.7 Å². The summed E-state index contributed by atoms with van der Waals surface area (Å²) in [6, 6.07) is 12.1. The van der Waals surface area contributed by atoms with Crippen LogP contribution in [-0.2, 0) is 11.3 Å². The molecular weight excluding hydrogens is 398 g/mol. The molecule has 0 atom stereocenters. The number of hydrogen-bond donors (Lipinski definition) is 2. The van der Waals surface area contributed by atoms with Gasteiger partial charge in [-0.05, 0) is 50.6 Å². The zero-order chi connectivity index (χ0) is 22.6. The van der Waals surface area contributed by atoms with E-state index in [1.807, 2.05) is 26.8 Å². The van der Waals surface area contributed by atoms with E-state index in [0.717, 1.165) is 5.56 Å². The molecule has 2 aromatic carbocycles. The number of ether oxygens (including phenoxy) is 3. The van der Waals surface area contributed by atoms with Crippen molar-refractivity contribution >= 4 is 17.5 Å². The van der Waals surface area contributed by atoms with Gasteiger partial charge in [-0.15, -0.1) is 0 Å². The van der Waals surface area contributed by atoms with E-state index in [1.54, 1.807) is 36.4 Å². The van der Waals surface area contributed by atoms with Crippen LogP contribution in [0.3, 0.4) is 0 Å². The molecule has 0 unspecified atom stereocenters. The summed E-state index contributed by atoms with van der Waals surface area (Å²) in [5, 5.41) is 14.1. The molecule has 0 aliphatic rings. The molecule has 8 nitrogen and oxygen atoms in total. The highest BCUT2D eigenvalue weighted by atomic mass is 16.5. The van der Waals surface area contributed by atoms with Crippen LogP contribution in [0, 0.1) is 11.3 Å². The molecule has 0 bridgehead atoms. The maximum Gasteiger partial charge on any atom is 0.251 e. The van der Waals surface area contributed by atoms with E-state index < -0.39 is 0 Å². The van der Waals surface area contributed by atoms with Crippen molar-refractivity contribution in [1.29, 1.82) is 5.26 Å². The van der Waals surface area contributed by atoms with E-state index in [0.29, 0.717) is 48.3 Å². The van der Waals surface area contributed by atoms with E-state index in [1.165, 1.54) is 0 Å². The highest BCUT2D eigenvalue weighted by molar-refractivity contribution is 5.95. The normalized spacial score (nSPS) is 10.0. The van der Waals surface area contributed by atoms with Crippen molar-refractivity contribution < 1.29 is 23.8 Å². The Labute approximate surface area is 182 Å². The van der Waals surface area contributed by atoms with Crippen LogP contribution >= 0.6 is 0 Å². The Morgan fingerprint density at radius 1 is 0.968 bits per heavy atom. The lowest BCUT2D eigenvalue weighted by Crippen LogP contribution is -2.23. The first-order valence-corrected chi connectivity index (χ1v) is 10.1. The van der Waals surface area contributed by atoms with Crippen molar-refractivity contribution in [3.63, 3.8) is 0 Å². The molecule has 0 radical (unpaired) electrons. The predicted molar refractivity (Wildman–Crippen MR) is 116 cm³/mol. The predicted octanol–water partition coefficient (Wildman–Crippen LogP) is 3.66. The molecule has 0 aromatic heterocycles. The minimum atomic E-state index is -0.384. The maximum atomic E-state index is 12.8. The van der Waals surface area contributed by atoms with Crippen LogP contribution in [0.15, 0.2) is 36.4 Å². The Hall–Kier alpha value is -3.73. The van der Waals surface area contributed by atoms with E-state index in [4.69, 9.17) is 19.5 Å². The van der Waals surface area contributed by atoms with Crippen molar-refractivity contribution in [2.75, 3.05) is 25.1 Å². The number of nitrogens with one attached hydrogen (secondary N) is 2. The van der Waals surface area contributed by atoms with Crippen molar-refractivity contribution in [2.45, 2.75) is 33.7 Å². The lowest BCUT2D eigenvalue weighted by molar-refractivity contribution is -0.115. The molecule has 2 rings (SSSR count). The summed E-state index contributed by atoms with van der Waals surface area (Å²) < 4.78 is 17.0. The largest absolute Gasteiger partial charge is 0.490 e. The zero-order valence-corrected chi connectivity index (χ0v) is 18.0. The highest BCUT2D eigenvalue weighted by Gasteiger charge is 2.18. The van der Waals surface area contributed by atoms with Crippen molar-refractivity contribution in [3.05, 3.63) is 47.5 Å². The van der Waals surface area contributed by atoms with E-state index in [9.17, 15) is 9.59 Å². The third kappa shape index (κ3) is 6.93. The van der Waals surface area contributed by atoms with E-state index in [2.05, 4.69) is 10.6 Å². The van der Waals surface area contributed by atoms with Gasteiger partial charge in [-0.25, -0.2) is 0 Å². The molecule has 0 heterocycles. The molecule has 31 heavy (non-hydrogen) atoms. The molecule has 2 N–H and O–H groups in total. The molecule has 0 aliphatic heterocycles. The molecule has 8 heteroatoms. The first-order chi connectivity index (χ1) is 15.0. The van der Waals surface area contributed by atoms with Crippen LogP contribution < -0.4 is 24.8 Å². The van der Waals surface area contributed by atoms with Crippen LogP contribution in [0.5, 0.6) is 17.2 Å². The summed E-state index contributed by atoms with van der Waals surface area (Å²) in [7, 11) is 0. The molecule has 0 saturated heterocycles. The summed E-state index contributed by atoms with van der Waals surface area (Å²) in [5.74, 6) is 0.683. The SMILES string of the molecule is CCOc1cc(C(=O)NCc2cccc(NC(=O)CC#N)c2)cc(OCC)c1OCC. The first-order valence-electron chi connectivity index (χ1n) is 10.1. The Balaban J connectivity index is 2.16. The fourth-order valence-corrected chi connectivity index (χ4v) is 2.84. The fourth-order valence-electron chi connectivity index (χ4n) is 2.84. The molecule has 0 spiro atoms. The van der Waals surface area contributed by atoms with Gasteiger partial charge in [-0.2, -0.15) is 5.26 Å². The number of carbonyl (C=O) groups excluding carboxylic acids is 2. The second-order valence-corrected chi connectivity index (χ2v) is 6.37. The molecule has 0 fully saturated rings. The molecule has 0 aliphatic carbocycles. The molecule has 164 valence electrons. The quantitative estimate of drug-likeness (QED) is 0.569. The monoisotopic (exact) mass is 425 g/mol. The van der Waals surface area contributed by atoms with Gasteiger partial charge in [0.1, 0.15) is 6.42 Å². The molecule has 2 aromatic rings. The third-order valence-electron chi connectivity index (χ3n) is 4.07. The molecule has 2 amide bonds. The van der Waals surface area contributed by atoms with Gasteiger partial charge in [0.05, 0.1) is 25.9 Å². The minimum Gasteiger partial charge on any atom is -0.490 e. The molecular formula is C23H27N3O5. The number of amides is 2. The molecule has 0 saturated carbocycles. The van der Waals surface area contributed by atoms with Gasteiger partial charge in [0, 0.05) is 17.8 Å².